The van der Waals surface area contributed by atoms with E-state index >= 15 is 0 Å². The van der Waals surface area contributed by atoms with Crippen LogP contribution in [0, 0.1) is 6.92 Å². The van der Waals surface area contributed by atoms with E-state index in [4.69, 9.17) is 4.74 Å². The molecule has 0 radical (unpaired) electrons. The van der Waals surface area contributed by atoms with Gasteiger partial charge >= 0.3 is 0 Å². The molecule has 1 aromatic carbocycles. The molecule has 1 aromatic heterocycles. The molecule has 19 heavy (non-hydrogen) atoms. The summed E-state index contributed by atoms with van der Waals surface area (Å²) in [5.74, 6) is 1.11. The van der Waals surface area contributed by atoms with Crippen molar-refractivity contribution >= 4 is 10.8 Å². The first kappa shape index (κ1) is 12.3. The van der Waals surface area contributed by atoms with Crippen LogP contribution in [0.5, 0.6) is 11.5 Å². The van der Waals surface area contributed by atoms with Crippen LogP contribution in [-0.2, 0) is 0 Å². The molecule has 0 aliphatic heterocycles. The van der Waals surface area contributed by atoms with E-state index in [1.807, 2.05) is 25.1 Å². The Morgan fingerprint density at radius 1 is 1.16 bits per heavy atom. The molecule has 1 aliphatic carbocycles. The van der Waals surface area contributed by atoms with Crippen LogP contribution >= 0.6 is 0 Å². The number of hydrogen-bond donors (Lipinski definition) is 1. The minimum atomic E-state index is 0.227. The predicted molar refractivity (Wildman–Crippen MR) is 75.6 cm³/mol. The lowest BCUT2D eigenvalue weighted by Crippen LogP contribution is -2.19. The van der Waals surface area contributed by atoms with Crippen LogP contribution in [0.25, 0.3) is 10.8 Å². The van der Waals surface area contributed by atoms with Crippen LogP contribution in [0.4, 0.5) is 0 Å². The molecule has 1 N–H and O–H groups in total. The predicted octanol–water partition coefficient (Wildman–Crippen LogP) is 3.96. The van der Waals surface area contributed by atoms with Crippen molar-refractivity contribution in [1.29, 1.82) is 0 Å². The molecular weight excluding hydrogens is 238 g/mol. The van der Waals surface area contributed by atoms with Crippen LogP contribution in [0.15, 0.2) is 24.4 Å². The highest BCUT2D eigenvalue weighted by Gasteiger charge is 2.15. The third kappa shape index (κ3) is 2.50. The number of hydrogen-bond acceptors (Lipinski definition) is 3. The molecule has 3 nitrogen and oxygen atoms in total. The van der Waals surface area contributed by atoms with Gasteiger partial charge in [-0.2, -0.15) is 0 Å². The van der Waals surface area contributed by atoms with Gasteiger partial charge in [-0.1, -0.05) is 6.42 Å². The standard InChI is InChI=1S/C16H19NO2/c1-11-15-9-13(19-12-5-3-2-4-6-12)7-8-14(15)16(18)10-17-11/h7-10,12,18H,2-6H2,1H3. The molecular formula is C16H19NO2. The Hall–Kier alpha value is -1.77. The molecule has 0 atom stereocenters. The van der Waals surface area contributed by atoms with E-state index in [0.29, 0.717) is 6.10 Å². The summed E-state index contributed by atoms with van der Waals surface area (Å²) < 4.78 is 6.05. The maximum atomic E-state index is 9.80. The van der Waals surface area contributed by atoms with Gasteiger partial charge in [-0.15, -0.1) is 0 Å². The molecule has 0 unspecified atom stereocenters. The minimum Gasteiger partial charge on any atom is -0.506 e. The molecule has 0 spiro atoms. The SMILES string of the molecule is Cc1ncc(O)c2ccc(OC3CCCCC3)cc12. The lowest BCUT2D eigenvalue weighted by atomic mass is 9.98. The fourth-order valence-electron chi connectivity index (χ4n) is 2.79. The van der Waals surface area contributed by atoms with Crippen LogP contribution < -0.4 is 4.74 Å². The van der Waals surface area contributed by atoms with Gasteiger partial charge in [0, 0.05) is 16.5 Å². The number of aromatic nitrogens is 1. The molecule has 0 bridgehead atoms. The number of ether oxygens (including phenoxy) is 1. The topological polar surface area (TPSA) is 42.4 Å². The zero-order chi connectivity index (χ0) is 13.2. The average molecular weight is 257 g/mol. The first-order valence-electron chi connectivity index (χ1n) is 6.99. The van der Waals surface area contributed by atoms with Gasteiger partial charge in [0.25, 0.3) is 0 Å². The van der Waals surface area contributed by atoms with Crippen molar-refractivity contribution < 1.29 is 9.84 Å². The minimum absolute atomic E-state index is 0.227. The number of aromatic hydroxyl groups is 1. The van der Waals surface area contributed by atoms with Gasteiger partial charge in [0.1, 0.15) is 11.5 Å². The van der Waals surface area contributed by atoms with Crippen LogP contribution in [0.2, 0.25) is 0 Å². The van der Waals surface area contributed by atoms with Crippen molar-refractivity contribution in [1.82, 2.24) is 4.98 Å². The molecule has 3 rings (SSSR count). The Kier molecular flexibility index (Phi) is 3.28. The van der Waals surface area contributed by atoms with E-state index in [2.05, 4.69) is 4.98 Å². The summed E-state index contributed by atoms with van der Waals surface area (Å²) in [6.45, 7) is 1.95. The molecule has 2 aromatic rings. The fourth-order valence-corrected chi connectivity index (χ4v) is 2.79. The lowest BCUT2D eigenvalue weighted by molar-refractivity contribution is 0.155. The molecule has 100 valence electrons. The smallest absolute Gasteiger partial charge is 0.141 e. The highest BCUT2D eigenvalue weighted by atomic mass is 16.5. The Morgan fingerprint density at radius 3 is 2.74 bits per heavy atom. The molecule has 0 amide bonds. The van der Waals surface area contributed by atoms with Crippen LogP contribution in [-0.4, -0.2) is 16.2 Å². The number of aryl methyl sites for hydroxylation is 1. The van der Waals surface area contributed by atoms with E-state index in [9.17, 15) is 5.11 Å². The summed E-state index contributed by atoms with van der Waals surface area (Å²) in [4.78, 5) is 4.19. The van der Waals surface area contributed by atoms with Gasteiger partial charge in [-0.05, 0) is 50.8 Å². The Labute approximate surface area is 113 Å². The monoisotopic (exact) mass is 257 g/mol. The number of rotatable bonds is 2. The molecule has 1 saturated carbocycles. The first-order chi connectivity index (χ1) is 9.24. The van der Waals surface area contributed by atoms with Gasteiger partial charge in [0.15, 0.2) is 0 Å². The molecule has 1 fully saturated rings. The van der Waals surface area contributed by atoms with Crippen molar-refractivity contribution in [3.63, 3.8) is 0 Å². The summed E-state index contributed by atoms with van der Waals surface area (Å²) in [7, 11) is 0. The van der Waals surface area contributed by atoms with E-state index < -0.39 is 0 Å². The highest BCUT2D eigenvalue weighted by Crippen LogP contribution is 2.30. The number of nitrogens with zero attached hydrogens (tertiary/aromatic N) is 1. The first-order valence-corrected chi connectivity index (χ1v) is 6.99. The van der Waals surface area contributed by atoms with Gasteiger partial charge < -0.3 is 9.84 Å². The second kappa shape index (κ2) is 5.08. The third-order valence-corrected chi connectivity index (χ3v) is 3.89. The zero-order valence-electron chi connectivity index (χ0n) is 11.2. The van der Waals surface area contributed by atoms with Gasteiger partial charge in [0.2, 0.25) is 0 Å². The number of benzene rings is 1. The fraction of sp³-hybridized carbons (Fsp3) is 0.438. The third-order valence-electron chi connectivity index (χ3n) is 3.89. The van der Waals surface area contributed by atoms with E-state index in [0.717, 1.165) is 35.1 Å². The summed E-state index contributed by atoms with van der Waals surface area (Å²) in [6.07, 6.45) is 7.99. The normalized spacial score (nSPS) is 16.7. The van der Waals surface area contributed by atoms with Crippen molar-refractivity contribution in [2.24, 2.45) is 0 Å². The van der Waals surface area contributed by atoms with Crippen molar-refractivity contribution in [2.75, 3.05) is 0 Å². The lowest BCUT2D eigenvalue weighted by Gasteiger charge is -2.23. The summed E-state index contributed by atoms with van der Waals surface area (Å²) in [6, 6.07) is 5.85. The molecule has 1 heterocycles. The Balaban J connectivity index is 1.90. The zero-order valence-corrected chi connectivity index (χ0v) is 11.2. The van der Waals surface area contributed by atoms with Crippen molar-refractivity contribution in [2.45, 2.75) is 45.1 Å². The summed E-state index contributed by atoms with van der Waals surface area (Å²) in [5.41, 5.74) is 0.918. The van der Waals surface area contributed by atoms with Crippen molar-refractivity contribution in [3.8, 4) is 11.5 Å². The maximum Gasteiger partial charge on any atom is 0.141 e. The van der Waals surface area contributed by atoms with Gasteiger partial charge in [-0.3, -0.25) is 4.98 Å². The second-order valence-corrected chi connectivity index (χ2v) is 5.31. The van der Waals surface area contributed by atoms with Crippen molar-refractivity contribution in [3.05, 3.63) is 30.1 Å². The second-order valence-electron chi connectivity index (χ2n) is 5.31. The quantitative estimate of drug-likeness (QED) is 0.885. The van der Waals surface area contributed by atoms with Crippen LogP contribution in [0.3, 0.4) is 0 Å². The van der Waals surface area contributed by atoms with E-state index in [1.54, 1.807) is 0 Å². The molecule has 0 saturated heterocycles. The van der Waals surface area contributed by atoms with Gasteiger partial charge in [0.05, 0.1) is 12.3 Å². The molecule has 1 aliphatic rings. The van der Waals surface area contributed by atoms with Crippen LogP contribution in [0.1, 0.15) is 37.8 Å². The van der Waals surface area contributed by atoms with E-state index in [-0.39, 0.29) is 5.75 Å². The Bertz CT molecular complexity index is 589. The summed E-state index contributed by atoms with van der Waals surface area (Å²) in [5, 5.41) is 11.6. The van der Waals surface area contributed by atoms with E-state index in [1.165, 1.54) is 25.5 Å². The molecule has 3 heteroatoms. The maximum absolute atomic E-state index is 9.80. The number of pyridine rings is 1. The van der Waals surface area contributed by atoms with Gasteiger partial charge in [-0.25, -0.2) is 0 Å². The Morgan fingerprint density at radius 2 is 1.95 bits per heavy atom. The largest absolute Gasteiger partial charge is 0.506 e. The summed E-state index contributed by atoms with van der Waals surface area (Å²) >= 11 is 0. The number of fused-ring (bicyclic) bond motifs is 1. The average Bonchev–Trinajstić information content (AvgIpc) is 2.44. The highest BCUT2D eigenvalue weighted by molar-refractivity contribution is 5.90.